The molecule has 6 aliphatic rings. The van der Waals surface area contributed by atoms with E-state index >= 15 is 0 Å². The van der Waals surface area contributed by atoms with Crippen molar-refractivity contribution in [3.8, 4) is 23.1 Å². The van der Waals surface area contributed by atoms with Gasteiger partial charge in [0.15, 0.2) is 11.6 Å². The molecule has 11 rings (SSSR count). The number of amides is 1. The van der Waals surface area contributed by atoms with Gasteiger partial charge in [-0.25, -0.2) is 8.78 Å². The lowest BCUT2D eigenvalue weighted by molar-refractivity contribution is -0.129. The fraction of sp³-hybridized carbons (Fsp3) is 0.529. The van der Waals surface area contributed by atoms with Crippen LogP contribution in [0.4, 0.5) is 31.8 Å². The van der Waals surface area contributed by atoms with Crippen molar-refractivity contribution in [2.24, 2.45) is 17.9 Å². The number of nitriles is 1. The Bertz CT molecular complexity index is 2720. The van der Waals surface area contributed by atoms with E-state index in [4.69, 9.17) is 21.4 Å². The van der Waals surface area contributed by atoms with Gasteiger partial charge >= 0.3 is 0 Å². The van der Waals surface area contributed by atoms with Gasteiger partial charge in [0.05, 0.1) is 29.4 Å². The summed E-state index contributed by atoms with van der Waals surface area (Å²) in [6.45, 7) is 8.52. The molecule has 67 heavy (non-hydrogen) atoms. The van der Waals surface area contributed by atoms with Crippen LogP contribution >= 0.6 is 11.6 Å². The third kappa shape index (κ3) is 8.06. The second-order valence-electron chi connectivity index (χ2n) is 20.5. The molecule has 7 heterocycles. The summed E-state index contributed by atoms with van der Waals surface area (Å²) in [4.78, 5) is 21.5. The molecule has 2 saturated heterocycles. The molecule has 0 N–H and O–H groups in total. The zero-order valence-corrected chi connectivity index (χ0v) is 39.4. The van der Waals surface area contributed by atoms with Crippen molar-refractivity contribution in [2.45, 2.75) is 122 Å². The molecule has 2 saturated carbocycles. The normalized spacial score (nSPS) is 24.5. The number of halogens is 3. The van der Waals surface area contributed by atoms with E-state index in [0.29, 0.717) is 53.3 Å². The van der Waals surface area contributed by atoms with E-state index in [1.54, 1.807) is 37.1 Å². The number of ether oxygens (including phenoxy) is 1. The molecule has 0 unspecified atom stereocenters. The fourth-order valence-electron chi connectivity index (χ4n) is 12.7. The predicted molar refractivity (Wildman–Crippen MR) is 253 cm³/mol. The van der Waals surface area contributed by atoms with Crippen LogP contribution in [0.15, 0.2) is 54.9 Å². The molecule has 1 amide bonds. The molecule has 4 aliphatic heterocycles. The van der Waals surface area contributed by atoms with Gasteiger partial charge in [0.1, 0.15) is 12.2 Å². The molecule has 4 fully saturated rings. The molecule has 16 heteroatoms. The van der Waals surface area contributed by atoms with E-state index < -0.39 is 6.43 Å². The van der Waals surface area contributed by atoms with Crippen LogP contribution in [-0.2, 0) is 31.2 Å². The smallest absolute Gasteiger partial charge is 0.264 e. The summed E-state index contributed by atoms with van der Waals surface area (Å²) >= 11 is 6.40. The van der Waals surface area contributed by atoms with E-state index in [1.807, 2.05) is 35.2 Å². The van der Waals surface area contributed by atoms with Crippen molar-refractivity contribution >= 4 is 40.5 Å². The highest BCUT2D eigenvalue weighted by molar-refractivity contribution is 6.32. The van der Waals surface area contributed by atoms with Crippen LogP contribution in [0, 0.1) is 22.2 Å². The van der Waals surface area contributed by atoms with E-state index in [-0.39, 0.29) is 34.4 Å². The highest BCUT2D eigenvalue weighted by atomic mass is 35.5. The van der Waals surface area contributed by atoms with Crippen molar-refractivity contribution in [1.29, 1.82) is 5.26 Å². The fourth-order valence-corrected chi connectivity index (χ4v) is 12.9. The maximum absolute atomic E-state index is 14.8. The zero-order chi connectivity index (χ0) is 46.2. The lowest BCUT2D eigenvalue weighted by Gasteiger charge is -2.51. The third-order valence-corrected chi connectivity index (χ3v) is 16.6. The SMILES string of the molecule is CC(=O)N1CCc2c(c(N3CCCc4cc(-c5cnn(C)c5)c(C(F)F)cc43)nn2C2CCC3(CC2)CC(Oc2ccc(N4CCC5(CC4)C[C@H](C)N(c4ccc(C#N)c(Cl)c4)C5)nn2)C3)C1. The van der Waals surface area contributed by atoms with E-state index in [9.17, 15) is 18.8 Å². The number of aryl methyl sites for hydroxylation is 2. The van der Waals surface area contributed by atoms with E-state index in [0.717, 1.165) is 131 Å². The molecule has 5 aromatic rings. The molecule has 2 aliphatic carbocycles. The number of benzene rings is 2. The number of carbonyl (C=O) groups excluding carboxylic acids is 1. The Morgan fingerprint density at radius 2 is 1.78 bits per heavy atom. The monoisotopic (exact) mass is 929 g/mol. The molecule has 2 aromatic carbocycles. The summed E-state index contributed by atoms with van der Waals surface area (Å²) in [5, 5.41) is 28.7. The lowest BCUT2D eigenvalue weighted by atomic mass is 9.58. The molecule has 3 aromatic heterocycles. The van der Waals surface area contributed by atoms with E-state index in [2.05, 4.69) is 53.7 Å². The van der Waals surface area contributed by atoms with Crippen LogP contribution in [0.3, 0.4) is 0 Å². The number of fused-ring (bicyclic) bond motifs is 2. The lowest BCUT2D eigenvalue weighted by Crippen LogP contribution is -2.46. The van der Waals surface area contributed by atoms with Gasteiger partial charge in [0, 0.05) is 105 Å². The van der Waals surface area contributed by atoms with Gasteiger partial charge in [-0.1, -0.05) is 11.6 Å². The average molecular weight is 931 g/mol. The van der Waals surface area contributed by atoms with Gasteiger partial charge in [-0.3, -0.25) is 14.2 Å². The van der Waals surface area contributed by atoms with Crippen LogP contribution < -0.4 is 19.4 Å². The quantitative estimate of drug-likeness (QED) is 0.149. The number of rotatable bonds is 8. The molecule has 0 bridgehead atoms. The van der Waals surface area contributed by atoms with Gasteiger partial charge in [-0.05, 0) is 136 Å². The highest BCUT2D eigenvalue weighted by Gasteiger charge is 2.49. The number of aromatic nitrogens is 6. The summed E-state index contributed by atoms with van der Waals surface area (Å²) in [7, 11) is 1.79. The van der Waals surface area contributed by atoms with Gasteiger partial charge in [0.25, 0.3) is 6.43 Å². The third-order valence-electron chi connectivity index (χ3n) is 16.3. The number of carbonyl (C=O) groups is 1. The number of alkyl halides is 2. The number of nitrogens with zero attached hydrogens (tertiary/aromatic N) is 11. The Hall–Kier alpha value is -5.75. The Labute approximate surface area is 395 Å². The first-order chi connectivity index (χ1) is 32.4. The summed E-state index contributed by atoms with van der Waals surface area (Å²) in [6, 6.07) is 16.2. The molecule has 1 atom stereocenters. The van der Waals surface area contributed by atoms with Crippen LogP contribution in [0.25, 0.3) is 11.1 Å². The Balaban J connectivity index is 0.722. The van der Waals surface area contributed by atoms with Gasteiger partial charge in [-0.2, -0.15) is 15.5 Å². The van der Waals surface area contributed by atoms with Gasteiger partial charge in [-0.15, -0.1) is 10.2 Å². The molecular weight excluding hydrogens is 872 g/mol. The summed E-state index contributed by atoms with van der Waals surface area (Å²) in [5.41, 5.74) is 7.29. The topological polar surface area (TPSA) is 124 Å². The first-order valence-electron chi connectivity index (χ1n) is 24.2. The van der Waals surface area contributed by atoms with Gasteiger partial charge in [0.2, 0.25) is 11.8 Å². The minimum Gasteiger partial charge on any atom is -0.473 e. The average Bonchev–Trinajstić information content (AvgIpc) is 4.02. The van der Waals surface area contributed by atoms with Gasteiger partial charge < -0.3 is 24.3 Å². The first kappa shape index (κ1) is 43.8. The van der Waals surface area contributed by atoms with Crippen LogP contribution in [0.2, 0.25) is 5.02 Å². The Kier molecular flexibility index (Phi) is 11.2. The number of piperidine rings is 1. The van der Waals surface area contributed by atoms with Crippen molar-refractivity contribution in [2.75, 3.05) is 47.4 Å². The van der Waals surface area contributed by atoms with Crippen molar-refractivity contribution < 1.29 is 18.3 Å². The highest BCUT2D eigenvalue weighted by Crippen LogP contribution is 2.55. The minimum atomic E-state index is -2.65. The summed E-state index contributed by atoms with van der Waals surface area (Å²) in [5.74, 6) is 2.30. The maximum Gasteiger partial charge on any atom is 0.264 e. The van der Waals surface area contributed by atoms with Crippen molar-refractivity contribution in [3.63, 3.8) is 0 Å². The molecule has 350 valence electrons. The summed E-state index contributed by atoms with van der Waals surface area (Å²) in [6.07, 6.45) is 12.7. The van der Waals surface area contributed by atoms with Crippen LogP contribution in [0.1, 0.15) is 118 Å². The first-order valence-corrected chi connectivity index (χ1v) is 24.5. The zero-order valence-electron chi connectivity index (χ0n) is 38.6. The number of hydrogen-bond acceptors (Lipinski definition) is 10. The molecule has 2 spiro atoms. The van der Waals surface area contributed by atoms with Crippen LogP contribution in [0.5, 0.6) is 5.88 Å². The number of hydrogen-bond donors (Lipinski definition) is 0. The Morgan fingerprint density at radius 3 is 2.46 bits per heavy atom. The maximum atomic E-state index is 14.8. The predicted octanol–water partition coefficient (Wildman–Crippen LogP) is 9.75. The second kappa shape index (κ2) is 17.1. The number of anilines is 4. The minimum absolute atomic E-state index is 0.00588. The van der Waals surface area contributed by atoms with Crippen LogP contribution in [-0.4, -0.2) is 85.4 Å². The molecular formula is C51H58ClF2N11O2. The second-order valence-corrected chi connectivity index (χ2v) is 20.9. The van der Waals surface area contributed by atoms with E-state index in [1.165, 1.54) is 5.69 Å². The summed E-state index contributed by atoms with van der Waals surface area (Å²) < 4.78 is 39.9. The standard InChI is InChI=1S/C51H58ClF2N11O2/c1-32-24-51(31-64(32)38-7-6-35(27-55)43(52)22-38)15-19-61(20-16-51)46-8-9-47(58-57-46)67-39-25-50(26-39)13-10-37(11-14-50)65-44-12-18-62(33(2)66)30-42(44)49(59-65)63-17-4-5-34-21-40(36-28-56-60(3)29-36)41(48(53)54)23-45(34)63/h6-9,21-23,28-29,32,37,39,48H,4-5,10-20,24-26,30-31H2,1-3H3/t32-,37?,39?,50?/m0/s1. The Morgan fingerprint density at radius 1 is 0.970 bits per heavy atom. The van der Waals surface area contributed by atoms with Crippen molar-refractivity contribution in [1.82, 2.24) is 34.7 Å². The van der Waals surface area contributed by atoms with Crippen molar-refractivity contribution in [3.05, 3.63) is 87.8 Å². The largest absolute Gasteiger partial charge is 0.473 e. The molecule has 0 radical (unpaired) electrons. The molecule has 13 nitrogen and oxygen atoms in total.